The van der Waals surface area contributed by atoms with Crippen molar-refractivity contribution in [3.63, 3.8) is 0 Å². The van der Waals surface area contributed by atoms with Crippen molar-refractivity contribution in [2.24, 2.45) is 0 Å². The van der Waals surface area contributed by atoms with Gasteiger partial charge in [0.1, 0.15) is 0 Å². The zero-order chi connectivity index (χ0) is 8.04. The Morgan fingerprint density at radius 1 is 1.60 bits per heavy atom. The third kappa shape index (κ3) is 4.53. The molecule has 0 amide bonds. The van der Waals surface area contributed by atoms with Crippen LogP contribution in [-0.4, -0.2) is 22.4 Å². The summed E-state index contributed by atoms with van der Waals surface area (Å²) >= 11 is 0. The summed E-state index contributed by atoms with van der Waals surface area (Å²) in [6, 6.07) is 0. The Balaban J connectivity index is 3.36. The van der Waals surface area contributed by atoms with E-state index in [-0.39, 0.29) is 6.61 Å². The second kappa shape index (κ2) is 4.47. The molecule has 0 bridgehead atoms. The van der Waals surface area contributed by atoms with Crippen molar-refractivity contribution in [2.75, 3.05) is 6.61 Å². The molecule has 1 atom stereocenters. The molecule has 0 aromatic heterocycles. The van der Waals surface area contributed by atoms with Gasteiger partial charge >= 0.3 is 0 Å². The van der Waals surface area contributed by atoms with Crippen LogP contribution in [0.3, 0.4) is 0 Å². The van der Waals surface area contributed by atoms with Crippen molar-refractivity contribution in [1.82, 2.24) is 0 Å². The summed E-state index contributed by atoms with van der Waals surface area (Å²) in [5.41, 5.74) is -0.900. The average Bonchev–Trinajstić information content (AvgIpc) is 1.89. The number of hydrogen-bond acceptors (Lipinski definition) is 2. The monoisotopic (exact) mass is 144 g/mol. The Bertz CT molecular complexity index is 97.4. The highest BCUT2D eigenvalue weighted by molar-refractivity contribution is 4.74. The topological polar surface area (TPSA) is 40.5 Å². The molecule has 0 fully saturated rings. The Morgan fingerprint density at radius 3 is 2.60 bits per heavy atom. The largest absolute Gasteiger partial charge is 0.393 e. The minimum atomic E-state index is -0.900. The summed E-state index contributed by atoms with van der Waals surface area (Å²) < 4.78 is 0. The molecular formula is C8H16O2. The smallest absolute Gasteiger partial charge is 0.0849 e. The molecule has 0 spiro atoms. The van der Waals surface area contributed by atoms with Gasteiger partial charge in [-0.1, -0.05) is 6.08 Å². The van der Waals surface area contributed by atoms with Crippen molar-refractivity contribution >= 4 is 0 Å². The fourth-order valence-electron chi connectivity index (χ4n) is 0.706. The highest BCUT2D eigenvalue weighted by Gasteiger charge is 2.16. The second-order valence-corrected chi connectivity index (χ2v) is 2.84. The number of allylic oxidation sites excluding steroid dienone is 1. The van der Waals surface area contributed by atoms with E-state index < -0.39 is 5.60 Å². The molecule has 0 radical (unpaired) electrons. The lowest BCUT2D eigenvalue weighted by Gasteiger charge is -2.19. The molecule has 0 heterocycles. The zero-order valence-electron chi connectivity index (χ0n) is 6.51. The van der Waals surface area contributed by atoms with Gasteiger partial charge in [-0.2, -0.15) is 0 Å². The minimum absolute atomic E-state index is 0.163. The lowest BCUT2D eigenvalue weighted by atomic mass is 10.0. The van der Waals surface area contributed by atoms with Gasteiger partial charge in [0.15, 0.2) is 0 Å². The molecule has 0 unspecified atom stereocenters. The molecule has 2 nitrogen and oxygen atoms in total. The van der Waals surface area contributed by atoms with Crippen LogP contribution in [0.15, 0.2) is 12.7 Å². The Morgan fingerprint density at radius 2 is 2.20 bits per heavy atom. The SMILES string of the molecule is C=CCCC[C@](C)(O)CO. The summed E-state index contributed by atoms with van der Waals surface area (Å²) in [4.78, 5) is 0. The Kier molecular flexibility index (Phi) is 4.32. The molecule has 0 aromatic rings. The predicted molar refractivity (Wildman–Crippen MR) is 41.8 cm³/mol. The van der Waals surface area contributed by atoms with Crippen LogP contribution < -0.4 is 0 Å². The van der Waals surface area contributed by atoms with Crippen LogP contribution in [0.2, 0.25) is 0 Å². The van der Waals surface area contributed by atoms with E-state index in [0.717, 1.165) is 12.8 Å². The van der Waals surface area contributed by atoms with Crippen LogP contribution in [0.5, 0.6) is 0 Å². The first-order valence-corrected chi connectivity index (χ1v) is 3.56. The lowest BCUT2D eigenvalue weighted by Crippen LogP contribution is -2.28. The van der Waals surface area contributed by atoms with Gasteiger partial charge in [-0.15, -0.1) is 6.58 Å². The molecule has 0 saturated heterocycles. The summed E-state index contributed by atoms with van der Waals surface area (Å²) in [5, 5.41) is 17.9. The van der Waals surface area contributed by atoms with Crippen molar-refractivity contribution < 1.29 is 10.2 Å². The number of aliphatic hydroxyl groups excluding tert-OH is 1. The Labute approximate surface area is 62.2 Å². The molecule has 0 aliphatic carbocycles. The van der Waals surface area contributed by atoms with Crippen molar-refractivity contribution in [1.29, 1.82) is 0 Å². The normalized spacial score (nSPS) is 16.3. The standard InChI is InChI=1S/C8H16O2/c1-3-4-5-6-8(2,10)7-9/h3,9-10H,1,4-7H2,2H3/t8-/m0/s1. The first kappa shape index (κ1) is 9.66. The minimum Gasteiger partial charge on any atom is -0.393 e. The highest BCUT2D eigenvalue weighted by atomic mass is 16.3. The van der Waals surface area contributed by atoms with Gasteiger partial charge < -0.3 is 10.2 Å². The van der Waals surface area contributed by atoms with Crippen molar-refractivity contribution in [3.05, 3.63) is 12.7 Å². The first-order valence-electron chi connectivity index (χ1n) is 3.56. The molecule has 10 heavy (non-hydrogen) atoms. The van der Waals surface area contributed by atoms with E-state index in [4.69, 9.17) is 5.11 Å². The molecule has 0 aromatic carbocycles. The zero-order valence-corrected chi connectivity index (χ0v) is 6.51. The number of aliphatic hydroxyl groups is 2. The molecular weight excluding hydrogens is 128 g/mol. The quantitative estimate of drug-likeness (QED) is 0.448. The van der Waals surface area contributed by atoms with Crippen molar-refractivity contribution in [2.45, 2.75) is 31.8 Å². The van der Waals surface area contributed by atoms with Crippen LogP contribution in [0, 0.1) is 0 Å². The number of unbranched alkanes of at least 4 members (excludes halogenated alkanes) is 1. The maximum atomic E-state index is 9.27. The van der Waals surface area contributed by atoms with E-state index >= 15 is 0 Å². The predicted octanol–water partition coefficient (Wildman–Crippen LogP) is 1.09. The maximum Gasteiger partial charge on any atom is 0.0849 e. The first-order chi connectivity index (χ1) is 4.62. The molecule has 0 aliphatic rings. The fourth-order valence-corrected chi connectivity index (χ4v) is 0.706. The summed E-state index contributed by atoms with van der Waals surface area (Å²) in [7, 11) is 0. The van der Waals surface area contributed by atoms with E-state index in [0.29, 0.717) is 6.42 Å². The van der Waals surface area contributed by atoms with Gasteiger partial charge in [0.2, 0.25) is 0 Å². The van der Waals surface area contributed by atoms with E-state index in [9.17, 15) is 5.11 Å². The highest BCUT2D eigenvalue weighted by Crippen LogP contribution is 2.11. The molecule has 0 saturated carbocycles. The van der Waals surface area contributed by atoms with Crippen LogP contribution in [0.25, 0.3) is 0 Å². The fraction of sp³-hybridized carbons (Fsp3) is 0.750. The van der Waals surface area contributed by atoms with Crippen LogP contribution >= 0.6 is 0 Å². The molecule has 2 heteroatoms. The van der Waals surface area contributed by atoms with Gasteiger partial charge in [-0.05, 0) is 26.2 Å². The second-order valence-electron chi connectivity index (χ2n) is 2.84. The summed E-state index contributed by atoms with van der Waals surface area (Å²) in [6.45, 7) is 5.03. The van der Waals surface area contributed by atoms with E-state index in [1.165, 1.54) is 0 Å². The number of hydrogen-bond donors (Lipinski definition) is 2. The lowest BCUT2D eigenvalue weighted by molar-refractivity contribution is -0.00627. The van der Waals surface area contributed by atoms with Gasteiger partial charge in [-0.25, -0.2) is 0 Å². The van der Waals surface area contributed by atoms with Gasteiger partial charge in [0.25, 0.3) is 0 Å². The van der Waals surface area contributed by atoms with Crippen LogP contribution in [-0.2, 0) is 0 Å². The average molecular weight is 144 g/mol. The van der Waals surface area contributed by atoms with Gasteiger partial charge in [0.05, 0.1) is 12.2 Å². The molecule has 0 aliphatic heterocycles. The third-order valence-electron chi connectivity index (χ3n) is 1.46. The van der Waals surface area contributed by atoms with E-state index in [2.05, 4.69) is 6.58 Å². The van der Waals surface area contributed by atoms with Gasteiger partial charge in [0, 0.05) is 0 Å². The number of rotatable bonds is 5. The van der Waals surface area contributed by atoms with Crippen LogP contribution in [0.4, 0.5) is 0 Å². The van der Waals surface area contributed by atoms with E-state index in [1.54, 1.807) is 6.92 Å². The maximum absolute atomic E-state index is 9.27. The van der Waals surface area contributed by atoms with Crippen LogP contribution in [0.1, 0.15) is 26.2 Å². The summed E-state index contributed by atoms with van der Waals surface area (Å²) in [6.07, 6.45) is 4.23. The van der Waals surface area contributed by atoms with Gasteiger partial charge in [-0.3, -0.25) is 0 Å². The molecule has 0 rings (SSSR count). The third-order valence-corrected chi connectivity index (χ3v) is 1.46. The molecule has 60 valence electrons. The Hall–Kier alpha value is -0.340. The summed E-state index contributed by atoms with van der Waals surface area (Å²) in [5.74, 6) is 0. The molecule has 2 N–H and O–H groups in total. The van der Waals surface area contributed by atoms with E-state index in [1.807, 2.05) is 6.08 Å². The van der Waals surface area contributed by atoms with Crippen molar-refractivity contribution in [3.8, 4) is 0 Å².